The largest absolute Gasteiger partial charge is 0.464 e. The Hall–Kier alpha value is -2.04. The van der Waals surface area contributed by atoms with E-state index >= 15 is 0 Å². The van der Waals surface area contributed by atoms with Gasteiger partial charge in [0.1, 0.15) is 5.75 Å². The van der Waals surface area contributed by atoms with E-state index < -0.39 is 18.1 Å². The van der Waals surface area contributed by atoms with Gasteiger partial charge in [-0.1, -0.05) is 11.6 Å². The van der Waals surface area contributed by atoms with Crippen molar-refractivity contribution in [3.05, 3.63) is 29.3 Å². The van der Waals surface area contributed by atoms with Crippen LogP contribution in [0.5, 0.6) is 5.75 Å². The molecule has 90 valence electrons. The molecule has 1 aliphatic heterocycles. The number of esters is 1. The van der Waals surface area contributed by atoms with Crippen LogP contribution in [0.4, 0.5) is 4.79 Å². The molecule has 0 bridgehead atoms. The molecule has 5 heteroatoms. The summed E-state index contributed by atoms with van der Waals surface area (Å²) >= 11 is 0. The molecule has 0 radical (unpaired) electrons. The first-order valence-corrected chi connectivity index (χ1v) is 5.37. The van der Waals surface area contributed by atoms with Crippen LogP contribution in [0.25, 0.3) is 0 Å². The predicted octanol–water partition coefficient (Wildman–Crippen LogP) is 1.70. The highest BCUT2D eigenvalue weighted by Crippen LogP contribution is 2.30. The highest BCUT2D eigenvalue weighted by molar-refractivity contribution is 5.86. The van der Waals surface area contributed by atoms with E-state index in [1.165, 1.54) is 0 Å². The van der Waals surface area contributed by atoms with Gasteiger partial charge in [-0.15, -0.1) is 0 Å². The second-order valence-corrected chi connectivity index (χ2v) is 3.76. The predicted molar refractivity (Wildman–Crippen MR) is 59.7 cm³/mol. The van der Waals surface area contributed by atoms with Gasteiger partial charge in [0.2, 0.25) is 0 Å². The van der Waals surface area contributed by atoms with Crippen molar-refractivity contribution in [2.45, 2.75) is 19.9 Å². The fourth-order valence-corrected chi connectivity index (χ4v) is 1.72. The van der Waals surface area contributed by atoms with Crippen LogP contribution in [0.2, 0.25) is 0 Å². The Morgan fingerprint density at radius 3 is 3.00 bits per heavy atom. The molecule has 1 amide bonds. The minimum atomic E-state index is -0.786. The van der Waals surface area contributed by atoms with E-state index in [1.807, 2.05) is 13.0 Å². The van der Waals surface area contributed by atoms with Crippen molar-refractivity contribution in [1.82, 2.24) is 5.32 Å². The lowest BCUT2D eigenvalue weighted by Gasteiger charge is -2.24. The monoisotopic (exact) mass is 235 g/mol. The van der Waals surface area contributed by atoms with Gasteiger partial charge in [-0.25, -0.2) is 9.59 Å². The maximum atomic E-state index is 11.7. The van der Waals surface area contributed by atoms with Crippen molar-refractivity contribution in [2.75, 3.05) is 6.61 Å². The summed E-state index contributed by atoms with van der Waals surface area (Å²) in [6.07, 6.45) is -0.639. The number of nitrogens with one attached hydrogen (secondary N) is 1. The van der Waals surface area contributed by atoms with Gasteiger partial charge in [0.05, 0.1) is 6.61 Å². The quantitative estimate of drug-likeness (QED) is 0.792. The number of benzene rings is 1. The molecule has 1 aliphatic rings. The number of carbonyl (C=O) groups excluding carboxylic acids is 2. The molecule has 1 aromatic carbocycles. The van der Waals surface area contributed by atoms with Crippen LogP contribution in [0.15, 0.2) is 18.2 Å². The van der Waals surface area contributed by atoms with Crippen LogP contribution in [0.1, 0.15) is 24.1 Å². The van der Waals surface area contributed by atoms with Crippen LogP contribution < -0.4 is 10.1 Å². The minimum absolute atomic E-state index is 0.271. The lowest BCUT2D eigenvalue weighted by molar-refractivity contribution is -0.145. The maximum absolute atomic E-state index is 11.7. The second kappa shape index (κ2) is 4.45. The molecule has 1 atom stereocenters. The first-order valence-electron chi connectivity index (χ1n) is 5.37. The molecule has 0 saturated heterocycles. The topological polar surface area (TPSA) is 64.6 Å². The van der Waals surface area contributed by atoms with Crippen molar-refractivity contribution in [2.24, 2.45) is 0 Å². The summed E-state index contributed by atoms with van der Waals surface area (Å²) in [6, 6.07) is 4.51. The Morgan fingerprint density at radius 1 is 1.53 bits per heavy atom. The average Bonchev–Trinajstić information content (AvgIpc) is 2.29. The summed E-state index contributed by atoms with van der Waals surface area (Å²) in [4.78, 5) is 23.0. The lowest BCUT2D eigenvalue weighted by Crippen LogP contribution is -2.40. The Morgan fingerprint density at radius 2 is 2.29 bits per heavy atom. The van der Waals surface area contributed by atoms with Crippen LogP contribution in [-0.4, -0.2) is 18.7 Å². The molecule has 0 aliphatic carbocycles. The molecule has 1 heterocycles. The smallest absolute Gasteiger partial charge is 0.413 e. The molecular formula is C12H13NO4. The zero-order chi connectivity index (χ0) is 12.4. The SMILES string of the molecule is CCOC(=O)C1NC(=O)Oc2ccc(C)cc21. The van der Waals surface area contributed by atoms with E-state index in [0.717, 1.165) is 5.56 Å². The van der Waals surface area contributed by atoms with E-state index in [2.05, 4.69) is 5.32 Å². The van der Waals surface area contributed by atoms with E-state index in [9.17, 15) is 9.59 Å². The van der Waals surface area contributed by atoms with Gasteiger partial charge in [0, 0.05) is 5.56 Å². The molecule has 0 spiro atoms. The highest BCUT2D eigenvalue weighted by Gasteiger charge is 2.32. The summed E-state index contributed by atoms with van der Waals surface area (Å²) in [6.45, 7) is 3.89. The Bertz CT molecular complexity index is 470. The summed E-state index contributed by atoms with van der Waals surface area (Å²) < 4.78 is 9.90. The number of ether oxygens (including phenoxy) is 2. The molecule has 0 aromatic heterocycles. The van der Waals surface area contributed by atoms with E-state index in [-0.39, 0.29) is 6.61 Å². The number of amides is 1. The molecule has 0 fully saturated rings. The highest BCUT2D eigenvalue weighted by atomic mass is 16.6. The summed E-state index contributed by atoms with van der Waals surface area (Å²) in [5.41, 5.74) is 1.61. The van der Waals surface area contributed by atoms with Crippen LogP contribution in [0, 0.1) is 6.92 Å². The van der Waals surface area contributed by atoms with Crippen molar-refractivity contribution in [3.63, 3.8) is 0 Å². The van der Waals surface area contributed by atoms with E-state index in [1.54, 1.807) is 19.1 Å². The van der Waals surface area contributed by atoms with Gasteiger partial charge in [-0.05, 0) is 26.0 Å². The maximum Gasteiger partial charge on any atom is 0.413 e. The van der Waals surface area contributed by atoms with Crippen molar-refractivity contribution in [3.8, 4) is 5.75 Å². The molecule has 17 heavy (non-hydrogen) atoms. The Labute approximate surface area is 98.7 Å². The summed E-state index contributed by atoms with van der Waals surface area (Å²) in [5, 5.41) is 2.45. The van der Waals surface area contributed by atoms with E-state index in [0.29, 0.717) is 11.3 Å². The number of rotatable bonds is 2. The van der Waals surface area contributed by atoms with Gasteiger partial charge < -0.3 is 14.8 Å². The standard InChI is InChI=1S/C12H13NO4/c1-3-16-11(14)10-8-6-7(2)4-5-9(8)17-12(15)13-10/h4-6,10H,3H2,1-2H3,(H,13,15). The Balaban J connectivity index is 2.39. The molecule has 5 nitrogen and oxygen atoms in total. The van der Waals surface area contributed by atoms with Crippen molar-refractivity contribution < 1.29 is 19.1 Å². The lowest BCUT2D eigenvalue weighted by atomic mass is 10.0. The van der Waals surface area contributed by atoms with Crippen LogP contribution in [-0.2, 0) is 9.53 Å². The first kappa shape index (κ1) is 11.4. The number of carbonyl (C=O) groups is 2. The van der Waals surface area contributed by atoms with Gasteiger partial charge >= 0.3 is 12.1 Å². The van der Waals surface area contributed by atoms with Gasteiger partial charge in [0.15, 0.2) is 6.04 Å². The first-order chi connectivity index (χ1) is 8.11. The molecule has 1 N–H and O–H groups in total. The van der Waals surface area contributed by atoms with Crippen LogP contribution >= 0.6 is 0 Å². The summed E-state index contributed by atoms with van der Waals surface area (Å²) in [7, 11) is 0. The molecular weight excluding hydrogens is 222 g/mol. The summed E-state index contributed by atoms with van der Waals surface area (Å²) in [5.74, 6) is -0.0756. The van der Waals surface area contributed by atoms with Gasteiger partial charge in [-0.2, -0.15) is 0 Å². The molecule has 2 rings (SSSR count). The van der Waals surface area contributed by atoms with Crippen LogP contribution in [0.3, 0.4) is 0 Å². The number of hydrogen-bond donors (Lipinski definition) is 1. The zero-order valence-electron chi connectivity index (χ0n) is 9.65. The number of aryl methyl sites for hydroxylation is 1. The Kier molecular flexibility index (Phi) is 2.99. The number of hydrogen-bond acceptors (Lipinski definition) is 4. The normalized spacial score (nSPS) is 17.8. The third-order valence-corrected chi connectivity index (χ3v) is 2.46. The zero-order valence-corrected chi connectivity index (χ0v) is 9.65. The third-order valence-electron chi connectivity index (χ3n) is 2.46. The molecule has 1 unspecified atom stereocenters. The third kappa shape index (κ3) is 2.22. The average molecular weight is 235 g/mol. The fourth-order valence-electron chi connectivity index (χ4n) is 1.72. The minimum Gasteiger partial charge on any atom is -0.464 e. The second-order valence-electron chi connectivity index (χ2n) is 3.76. The molecule has 1 aromatic rings. The van der Waals surface area contributed by atoms with Gasteiger partial charge in [-0.3, -0.25) is 0 Å². The number of fused-ring (bicyclic) bond motifs is 1. The molecule has 0 saturated carbocycles. The van der Waals surface area contributed by atoms with Crippen molar-refractivity contribution >= 4 is 12.1 Å². The van der Waals surface area contributed by atoms with E-state index in [4.69, 9.17) is 9.47 Å². The fraction of sp³-hybridized carbons (Fsp3) is 0.333. The van der Waals surface area contributed by atoms with Gasteiger partial charge in [0.25, 0.3) is 0 Å². The van der Waals surface area contributed by atoms with Crippen molar-refractivity contribution in [1.29, 1.82) is 0 Å².